The van der Waals surface area contributed by atoms with Crippen molar-refractivity contribution in [2.45, 2.75) is 58.5 Å². The molecule has 0 heterocycles. The molecule has 0 bridgehead atoms. The van der Waals surface area contributed by atoms with Crippen LogP contribution in [0.15, 0.2) is 60.7 Å². The van der Waals surface area contributed by atoms with Gasteiger partial charge in [-0.2, -0.15) is 0 Å². The summed E-state index contributed by atoms with van der Waals surface area (Å²) < 4.78 is 26.3. The highest BCUT2D eigenvalue weighted by Gasteiger charge is 2.23. The Morgan fingerprint density at radius 3 is 2.32 bits per heavy atom. The molecule has 0 fully saturated rings. The van der Waals surface area contributed by atoms with Gasteiger partial charge in [0.1, 0.15) is 23.4 Å². The lowest BCUT2D eigenvalue weighted by Gasteiger charge is -2.26. The van der Waals surface area contributed by atoms with Crippen LogP contribution in [0.4, 0.5) is 4.39 Å². The fourth-order valence-electron chi connectivity index (χ4n) is 4.05. The van der Waals surface area contributed by atoms with Gasteiger partial charge in [0.2, 0.25) is 0 Å². The molecule has 180 valence electrons. The average molecular weight is 465 g/mol. The first kappa shape index (κ1) is 25.3. The Hall–Kier alpha value is -3.34. The Kier molecular flexibility index (Phi) is 7.65. The number of aliphatic carboxylic acids is 1. The Bertz CT molecular complexity index is 1160. The SMILES string of the molecule is COc1ccc(F)c(-c2ccc([C@H](C)Oc3cccc([C@H](C)CC(=O)O)c3)cc2C(C)(C)C)c1. The number of carbonyl (C=O) groups is 1. The highest BCUT2D eigenvalue weighted by molar-refractivity contribution is 5.71. The standard InChI is InChI=1S/C29H33FO4/c1-18(14-28(31)32)20-8-7-9-23(15-20)34-19(2)21-10-12-24(26(16-21)29(3,4)5)25-17-22(33-6)11-13-27(25)30/h7-13,15-19H,14H2,1-6H3,(H,31,32)/t18-,19+/m1/s1. The second-order valence-corrected chi connectivity index (χ2v) is 9.73. The van der Waals surface area contributed by atoms with Crippen LogP contribution < -0.4 is 9.47 Å². The topological polar surface area (TPSA) is 55.8 Å². The minimum Gasteiger partial charge on any atom is -0.497 e. The first-order valence-electron chi connectivity index (χ1n) is 11.5. The largest absolute Gasteiger partial charge is 0.497 e. The molecule has 0 saturated carbocycles. The molecule has 0 saturated heterocycles. The van der Waals surface area contributed by atoms with Crippen molar-refractivity contribution in [3.63, 3.8) is 0 Å². The molecule has 0 radical (unpaired) electrons. The predicted molar refractivity (Wildman–Crippen MR) is 133 cm³/mol. The van der Waals surface area contributed by atoms with E-state index in [-0.39, 0.29) is 29.7 Å². The summed E-state index contributed by atoms with van der Waals surface area (Å²) in [5.74, 6) is 0.0579. The summed E-state index contributed by atoms with van der Waals surface area (Å²) in [6.07, 6.45) is -0.189. The zero-order valence-electron chi connectivity index (χ0n) is 20.7. The van der Waals surface area contributed by atoms with Crippen LogP contribution in [0, 0.1) is 5.82 Å². The third-order valence-corrected chi connectivity index (χ3v) is 6.01. The average Bonchev–Trinajstić information content (AvgIpc) is 2.78. The molecule has 3 aromatic rings. The molecular weight excluding hydrogens is 431 g/mol. The highest BCUT2D eigenvalue weighted by atomic mass is 19.1. The summed E-state index contributed by atoms with van der Waals surface area (Å²) >= 11 is 0. The number of benzene rings is 3. The zero-order valence-corrected chi connectivity index (χ0v) is 20.7. The fourth-order valence-corrected chi connectivity index (χ4v) is 4.05. The summed E-state index contributed by atoms with van der Waals surface area (Å²) in [6, 6.07) is 18.3. The Morgan fingerprint density at radius 1 is 0.941 bits per heavy atom. The van der Waals surface area contributed by atoms with Gasteiger partial charge in [0.25, 0.3) is 0 Å². The van der Waals surface area contributed by atoms with Crippen LogP contribution in [-0.2, 0) is 10.2 Å². The van der Waals surface area contributed by atoms with Crippen LogP contribution >= 0.6 is 0 Å². The molecule has 5 heteroatoms. The van der Waals surface area contributed by atoms with Gasteiger partial charge in [-0.15, -0.1) is 0 Å². The summed E-state index contributed by atoms with van der Waals surface area (Å²) in [4.78, 5) is 11.1. The molecule has 4 nitrogen and oxygen atoms in total. The maximum atomic E-state index is 14.8. The zero-order chi connectivity index (χ0) is 25.0. The number of hydrogen-bond donors (Lipinski definition) is 1. The Balaban J connectivity index is 1.94. The van der Waals surface area contributed by atoms with E-state index < -0.39 is 5.97 Å². The highest BCUT2D eigenvalue weighted by Crippen LogP contribution is 2.38. The van der Waals surface area contributed by atoms with Crippen molar-refractivity contribution in [2.24, 2.45) is 0 Å². The number of carboxylic acids is 1. The van der Waals surface area contributed by atoms with Crippen molar-refractivity contribution < 1.29 is 23.8 Å². The van der Waals surface area contributed by atoms with Gasteiger partial charge in [0.15, 0.2) is 0 Å². The maximum Gasteiger partial charge on any atom is 0.303 e. The normalized spacial score (nSPS) is 13.3. The van der Waals surface area contributed by atoms with Crippen molar-refractivity contribution in [3.8, 4) is 22.6 Å². The molecule has 3 aromatic carbocycles. The first-order valence-corrected chi connectivity index (χ1v) is 11.5. The van der Waals surface area contributed by atoms with E-state index >= 15 is 0 Å². The van der Waals surface area contributed by atoms with Crippen molar-refractivity contribution in [2.75, 3.05) is 7.11 Å². The molecule has 3 rings (SSSR count). The lowest BCUT2D eigenvalue weighted by Crippen LogP contribution is -2.15. The molecule has 0 amide bonds. The lowest BCUT2D eigenvalue weighted by atomic mass is 9.80. The van der Waals surface area contributed by atoms with Gasteiger partial charge in [-0.3, -0.25) is 4.79 Å². The second-order valence-electron chi connectivity index (χ2n) is 9.73. The molecule has 0 unspecified atom stereocenters. The second kappa shape index (κ2) is 10.3. The van der Waals surface area contributed by atoms with Crippen LogP contribution in [-0.4, -0.2) is 18.2 Å². The molecule has 0 spiro atoms. The number of rotatable bonds is 8. The molecule has 0 aliphatic carbocycles. The van der Waals surface area contributed by atoms with Gasteiger partial charge in [-0.25, -0.2) is 4.39 Å². The molecule has 0 aliphatic heterocycles. The van der Waals surface area contributed by atoms with Crippen LogP contribution in [0.3, 0.4) is 0 Å². The third-order valence-electron chi connectivity index (χ3n) is 6.01. The lowest BCUT2D eigenvalue weighted by molar-refractivity contribution is -0.137. The van der Waals surface area contributed by atoms with Gasteiger partial charge in [0.05, 0.1) is 13.5 Å². The summed E-state index contributed by atoms with van der Waals surface area (Å²) in [6.45, 7) is 10.2. The van der Waals surface area contributed by atoms with E-state index in [0.717, 1.165) is 22.3 Å². The molecule has 1 N–H and O–H groups in total. The predicted octanol–water partition coefficient (Wildman–Crippen LogP) is 7.52. The van der Waals surface area contributed by atoms with Crippen molar-refractivity contribution >= 4 is 5.97 Å². The Labute approximate surface area is 201 Å². The quantitative estimate of drug-likeness (QED) is 0.375. The van der Waals surface area contributed by atoms with E-state index in [1.54, 1.807) is 19.2 Å². The minimum absolute atomic E-state index is 0.0657. The van der Waals surface area contributed by atoms with Crippen molar-refractivity contribution in [3.05, 3.63) is 83.2 Å². The van der Waals surface area contributed by atoms with Crippen LogP contribution in [0.1, 0.15) is 69.8 Å². The van der Waals surface area contributed by atoms with Gasteiger partial charge >= 0.3 is 5.97 Å². The summed E-state index contributed by atoms with van der Waals surface area (Å²) in [5.41, 5.74) is 4.00. The van der Waals surface area contributed by atoms with Gasteiger partial charge in [-0.05, 0) is 70.8 Å². The first-order chi connectivity index (χ1) is 16.0. The van der Waals surface area contributed by atoms with E-state index in [9.17, 15) is 9.18 Å². The molecular formula is C29H33FO4. The van der Waals surface area contributed by atoms with Crippen molar-refractivity contribution in [1.82, 2.24) is 0 Å². The van der Waals surface area contributed by atoms with E-state index in [1.807, 2.05) is 50.2 Å². The van der Waals surface area contributed by atoms with Gasteiger partial charge in [0, 0.05) is 5.56 Å². The van der Waals surface area contributed by atoms with E-state index in [1.165, 1.54) is 6.07 Å². The monoisotopic (exact) mass is 464 g/mol. The van der Waals surface area contributed by atoms with Crippen molar-refractivity contribution in [1.29, 1.82) is 0 Å². The number of methoxy groups -OCH3 is 1. The summed E-state index contributed by atoms with van der Waals surface area (Å²) in [5, 5.41) is 9.09. The fraction of sp³-hybridized carbons (Fsp3) is 0.345. The number of ether oxygens (including phenoxy) is 2. The molecule has 2 atom stereocenters. The number of halogens is 1. The number of hydrogen-bond acceptors (Lipinski definition) is 3. The van der Waals surface area contributed by atoms with E-state index in [0.29, 0.717) is 17.1 Å². The maximum absolute atomic E-state index is 14.8. The Morgan fingerprint density at radius 2 is 1.68 bits per heavy atom. The summed E-state index contributed by atoms with van der Waals surface area (Å²) in [7, 11) is 1.57. The van der Waals surface area contributed by atoms with Crippen LogP contribution in [0.25, 0.3) is 11.1 Å². The van der Waals surface area contributed by atoms with Gasteiger partial charge in [-0.1, -0.05) is 58.0 Å². The smallest absolute Gasteiger partial charge is 0.303 e. The third kappa shape index (κ3) is 5.96. The molecule has 34 heavy (non-hydrogen) atoms. The molecule has 0 aromatic heterocycles. The molecule has 0 aliphatic rings. The van der Waals surface area contributed by atoms with E-state index in [2.05, 4.69) is 26.8 Å². The van der Waals surface area contributed by atoms with Crippen LogP contribution in [0.5, 0.6) is 11.5 Å². The van der Waals surface area contributed by atoms with Crippen LogP contribution in [0.2, 0.25) is 0 Å². The minimum atomic E-state index is -0.825. The van der Waals surface area contributed by atoms with Gasteiger partial charge < -0.3 is 14.6 Å². The number of carboxylic acid groups (broad SMARTS) is 1. The van der Waals surface area contributed by atoms with E-state index in [4.69, 9.17) is 14.6 Å².